The van der Waals surface area contributed by atoms with Crippen molar-refractivity contribution in [1.82, 2.24) is 0 Å². The third kappa shape index (κ3) is 3.42. The van der Waals surface area contributed by atoms with E-state index in [0.717, 1.165) is 19.3 Å². The fraction of sp³-hybridized carbons (Fsp3) is 0.923. The highest BCUT2D eigenvalue weighted by molar-refractivity contribution is 5.72. The van der Waals surface area contributed by atoms with Crippen molar-refractivity contribution in [2.24, 2.45) is 5.92 Å². The molecule has 5 heteroatoms. The van der Waals surface area contributed by atoms with Crippen molar-refractivity contribution in [1.29, 1.82) is 0 Å². The smallest absolute Gasteiger partial charge is 0.308 e. The summed E-state index contributed by atoms with van der Waals surface area (Å²) in [5, 5.41) is 0. The number of ether oxygens (including phenoxy) is 3. The lowest BCUT2D eigenvalue weighted by Gasteiger charge is -2.34. The molecular formula is C13H21FO4. The maximum Gasteiger partial charge on any atom is 0.308 e. The fourth-order valence-corrected chi connectivity index (χ4v) is 2.64. The molecule has 1 unspecified atom stereocenters. The van der Waals surface area contributed by atoms with Gasteiger partial charge in [-0.3, -0.25) is 4.79 Å². The second-order valence-electron chi connectivity index (χ2n) is 5.02. The maximum atomic E-state index is 14.0. The number of esters is 1. The van der Waals surface area contributed by atoms with Crippen LogP contribution >= 0.6 is 0 Å². The Morgan fingerprint density at radius 2 is 2.11 bits per heavy atom. The average molecular weight is 260 g/mol. The van der Waals surface area contributed by atoms with Gasteiger partial charge in [-0.25, -0.2) is 4.39 Å². The van der Waals surface area contributed by atoms with Gasteiger partial charge in [-0.2, -0.15) is 0 Å². The van der Waals surface area contributed by atoms with Gasteiger partial charge in [-0.15, -0.1) is 0 Å². The topological polar surface area (TPSA) is 44.8 Å². The molecule has 4 atom stereocenters. The number of carbonyl (C=O) groups excluding carboxylic acids is 1. The summed E-state index contributed by atoms with van der Waals surface area (Å²) in [5.74, 6) is -0.637. The van der Waals surface area contributed by atoms with Crippen LogP contribution in [-0.4, -0.2) is 38.3 Å². The highest BCUT2D eigenvalue weighted by atomic mass is 19.1. The van der Waals surface area contributed by atoms with Crippen molar-refractivity contribution in [3.63, 3.8) is 0 Å². The lowest BCUT2D eigenvalue weighted by atomic mass is 9.86. The van der Waals surface area contributed by atoms with Crippen molar-refractivity contribution in [2.75, 3.05) is 13.7 Å². The van der Waals surface area contributed by atoms with Crippen LogP contribution in [0.2, 0.25) is 0 Å². The van der Waals surface area contributed by atoms with Crippen molar-refractivity contribution >= 4 is 5.97 Å². The highest BCUT2D eigenvalue weighted by Crippen LogP contribution is 2.31. The first-order valence-electron chi connectivity index (χ1n) is 6.69. The second-order valence-corrected chi connectivity index (χ2v) is 5.02. The number of halogens is 1. The van der Waals surface area contributed by atoms with Gasteiger partial charge >= 0.3 is 5.97 Å². The Balaban J connectivity index is 1.79. The van der Waals surface area contributed by atoms with Gasteiger partial charge in [-0.1, -0.05) is 0 Å². The molecular weight excluding hydrogens is 239 g/mol. The third-order valence-corrected chi connectivity index (χ3v) is 3.71. The predicted octanol–water partition coefficient (Wildman–Crippen LogP) is 2.21. The summed E-state index contributed by atoms with van der Waals surface area (Å²) in [4.78, 5) is 11.4. The molecule has 0 N–H and O–H groups in total. The number of alkyl halides is 1. The number of methoxy groups -OCH3 is 1. The molecule has 0 bridgehead atoms. The quantitative estimate of drug-likeness (QED) is 0.730. The van der Waals surface area contributed by atoms with E-state index in [1.165, 1.54) is 7.11 Å². The largest absolute Gasteiger partial charge is 0.469 e. The molecule has 0 aromatic carbocycles. The summed E-state index contributed by atoms with van der Waals surface area (Å²) in [6.07, 6.45) is 2.53. The van der Waals surface area contributed by atoms with E-state index in [4.69, 9.17) is 9.47 Å². The van der Waals surface area contributed by atoms with E-state index >= 15 is 0 Å². The molecule has 1 heterocycles. The minimum absolute atomic E-state index is 0.198. The Labute approximate surface area is 107 Å². The van der Waals surface area contributed by atoms with Crippen LogP contribution in [0.25, 0.3) is 0 Å². The average Bonchev–Trinajstić information content (AvgIpc) is 2.41. The molecule has 104 valence electrons. The number of carbonyl (C=O) groups is 1. The fourth-order valence-electron chi connectivity index (χ4n) is 2.64. The molecule has 2 aliphatic rings. The van der Waals surface area contributed by atoms with Gasteiger partial charge in [-0.05, 0) is 38.5 Å². The first kappa shape index (κ1) is 13.7. The summed E-state index contributed by atoms with van der Waals surface area (Å²) >= 11 is 0. The molecule has 2 rings (SSSR count). The van der Waals surface area contributed by atoms with Gasteiger partial charge in [0.1, 0.15) is 6.17 Å². The molecule has 0 amide bonds. The SMILES string of the molecule is COC(=O)[C@H]1CC[C@H](OC2CCCCO2)[C@@H](F)C1. The van der Waals surface area contributed by atoms with Gasteiger partial charge in [0.2, 0.25) is 0 Å². The normalized spacial score (nSPS) is 37.2. The van der Waals surface area contributed by atoms with Gasteiger partial charge in [0.25, 0.3) is 0 Å². The summed E-state index contributed by atoms with van der Waals surface area (Å²) < 4.78 is 29.7. The zero-order chi connectivity index (χ0) is 13.0. The maximum absolute atomic E-state index is 14.0. The van der Waals surface area contributed by atoms with Crippen LogP contribution in [0.15, 0.2) is 0 Å². The van der Waals surface area contributed by atoms with Gasteiger partial charge in [0, 0.05) is 6.61 Å². The van der Waals surface area contributed by atoms with Crippen molar-refractivity contribution in [2.45, 2.75) is 57.1 Å². The molecule has 0 radical (unpaired) electrons. The van der Waals surface area contributed by atoms with E-state index in [-0.39, 0.29) is 24.6 Å². The Bertz CT molecular complexity index is 278. The van der Waals surface area contributed by atoms with Crippen LogP contribution in [-0.2, 0) is 19.0 Å². The summed E-state index contributed by atoms with van der Waals surface area (Å²) in [5.41, 5.74) is 0. The lowest BCUT2D eigenvalue weighted by Crippen LogP contribution is -2.39. The predicted molar refractivity (Wildman–Crippen MR) is 62.7 cm³/mol. The van der Waals surface area contributed by atoms with Crippen molar-refractivity contribution in [3.05, 3.63) is 0 Å². The lowest BCUT2D eigenvalue weighted by molar-refractivity contribution is -0.208. The Hall–Kier alpha value is -0.680. The van der Waals surface area contributed by atoms with Crippen LogP contribution in [0.1, 0.15) is 38.5 Å². The summed E-state index contributed by atoms with van der Waals surface area (Å²) in [6, 6.07) is 0. The van der Waals surface area contributed by atoms with Crippen LogP contribution < -0.4 is 0 Å². The molecule has 1 saturated heterocycles. The highest BCUT2D eigenvalue weighted by Gasteiger charge is 2.36. The number of rotatable bonds is 3. The van der Waals surface area contributed by atoms with Crippen molar-refractivity contribution < 1.29 is 23.4 Å². The van der Waals surface area contributed by atoms with E-state index in [9.17, 15) is 9.18 Å². The summed E-state index contributed by atoms with van der Waals surface area (Å²) in [6.45, 7) is 0.694. The standard InChI is InChI=1S/C13H21FO4/c1-16-13(15)9-5-6-11(10(14)8-9)18-12-4-2-3-7-17-12/h9-12H,2-8H2,1H3/t9-,10-,11-,12?/m0/s1. The van der Waals surface area contributed by atoms with Crippen molar-refractivity contribution in [3.8, 4) is 0 Å². The minimum atomic E-state index is -1.10. The molecule has 0 spiro atoms. The first-order valence-corrected chi connectivity index (χ1v) is 6.69. The van der Waals surface area contributed by atoms with Crippen LogP contribution in [0.5, 0.6) is 0 Å². The monoisotopic (exact) mass is 260 g/mol. The van der Waals surface area contributed by atoms with Crippen LogP contribution in [0.4, 0.5) is 4.39 Å². The number of hydrogen-bond acceptors (Lipinski definition) is 4. The molecule has 1 saturated carbocycles. The number of hydrogen-bond donors (Lipinski definition) is 0. The summed E-state index contributed by atoms with van der Waals surface area (Å²) in [7, 11) is 1.34. The molecule has 18 heavy (non-hydrogen) atoms. The Morgan fingerprint density at radius 1 is 1.28 bits per heavy atom. The molecule has 1 aliphatic heterocycles. The van der Waals surface area contributed by atoms with E-state index in [2.05, 4.69) is 4.74 Å². The van der Waals surface area contributed by atoms with Gasteiger partial charge < -0.3 is 14.2 Å². The molecule has 2 fully saturated rings. The zero-order valence-corrected chi connectivity index (χ0v) is 10.8. The van der Waals surface area contributed by atoms with Gasteiger partial charge in [0.15, 0.2) is 6.29 Å². The van der Waals surface area contributed by atoms with E-state index in [0.29, 0.717) is 19.4 Å². The third-order valence-electron chi connectivity index (χ3n) is 3.71. The van der Waals surface area contributed by atoms with Crippen LogP contribution in [0.3, 0.4) is 0 Å². The zero-order valence-electron chi connectivity index (χ0n) is 10.8. The van der Waals surface area contributed by atoms with Gasteiger partial charge in [0.05, 0.1) is 19.1 Å². The van der Waals surface area contributed by atoms with E-state index in [1.807, 2.05) is 0 Å². The molecule has 0 aromatic heterocycles. The Morgan fingerprint density at radius 3 is 2.72 bits per heavy atom. The van der Waals surface area contributed by atoms with Crippen LogP contribution in [0, 0.1) is 5.92 Å². The first-order chi connectivity index (χ1) is 8.70. The van der Waals surface area contributed by atoms with E-state index in [1.54, 1.807) is 0 Å². The minimum Gasteiger partial charge on any atom is -0.469 e. The molecule has 0 aromatic rings. The molecule has 1 aliphatic carbocycles. The van der Waals surface area contributed by atoms with E-state index < -0.39 is 12.3 Å². The Kier molecular flexibility index (Phi) is 4.95. The molecule has 4 nitrogen and oxygen atoms in total. The second kappa shape index (κ2) is 6.48.